The van der Waals surface area contributed by atoms with Crippen LogP contribution in [0.2, 0.25) is 0 Å². The number of piperidine rings is 1. The summed E-state index contributed by atoms with van der Waals surface area (Å²) in [5, 5.41) is 8.45. The molecule has 5 heteroatoms. The van der Waals surface area contributed by atoms with Crippen LogP contribution < -0.4 is 0 Å². The quantitative estimate of drug-likeness (QED) is 0.762. The smallest absolute Gasteiger partial charge is 0.236 e. The molecule has 1 heterocycles. The summed E-state index contributed by atoms with van der Waals surface area (Å²) in [7, 11) is 1.48. The highest BCUT2D eigenvalue weighted by Crippen LogP contribution is 2.33. The lowest BCUT2D eigenvalue weighted by Crippen LogP contribution is -2.57. The Labute approximate surface area is 109 Å². The van der Waals surface area contributed by atoms with E-state index in [2.05, 4.69) is 0 Å². The van der Waals surface area contributed by atoms with Crippen molar-refractivity contribution in [2.45, 2.75) is 46.4 Å². The number of nitrogens with zero attached hydrogens (tertiary/aromatic N) is 2. The fourth-order valence-electron chi connectivity index (χ4n) is 2.28. The fourth-order valence-corrected chi connectivity index (χ4v) is 2.28. The summed E-state index contributed by atoms with van der Waals surface area (Å²) in [5.74, 6) is -0.312. The molecule has 0 spiro atoms. The van der Waals surface area contributed by atoms with Crippen molar-refractivity contribution in [1.29, 1.82) is 5.26 Å². The Morgan fingerprint density at radius 2 is 2.11 bits per heavy atom. The van der Waals surface area contributed by atoms with Gasteiger partial charge in [0.1, 0.15) is 12.6 Å². The molecular formula is C13H23FN2O2. The van der Waals surface area contributed by atoms with Gasteiger partial charge in [-0.1, -0.05) is 27.7 Å². The first-order valence-electron chi connectivity index (χ1n) is 6.24. The first kappa shape index (κ1) is 16.9. The van der Waals surface area contributed by atoms with E-state index >= 15 is 0 Å². The number of likely N-dealkylation sites (tertiary alicyclic amines) is 1. The molecule has 2 atom stereocenters. The minimum atomic E-state index is -1.20. The van der Waals surface area contributed by atoms with Gasteiger partial charge in [-0.15, -0.1) is 0 Å². The average Bonchev–Trinajstić information content (AvgIpc) is 2.30. The number of alkyl halides is 1. The van der Waals surface area contributed by atoms with Gasteiger partial charge in [-0.2, -0.15) is 5.26 Å². The van der Waals surface area contributed by atoms with E-state index < -0.39 is 17.7 Å². The Bertz CT molecular complexity index is 313. The predicted octanol–water partition coefficient (Wildman–Crippen LogP) is 2.15. The zero-order chi connectivity index (χ0) is 14.3. The van der Waals surface area contributed by atoms with Gasteiger partial charge in [0, 0.05) is 19.1 Å². The van der Waals surface area contributed by atoms with E-state index in [-0.39, 0.29) is 18.9 Å². The molecule has 104 valence electrons. The third-order valence-electron chi connectivity index (χ3n) is 2.93. The van der Waals surface area contributed by atoms with Gasteiger partial charge in [0.25, 0.3) is 0 Å². The number of carbonyl (C=O) groups excluding carboxylic acids is 1. The van der Waals surface area contributed by atoms with Crippen molar-refractivity contribution in [3.8, 4) is 6.07 Å². The van der Waals surface area contributed by atoms with Crippen molar-refractivity contribution in [3.05, 3.63) is 0 Å². The van der Waals surface area contributed by atoms with Crippen LogP contribution in [-0.2, 0) is 9.53 Å². The second kappa shape index (κ2) is 7.32. The number of methoxy groups -OCH3 is 1. The third kappa shape index (κ3) is 3.95. The second-order valence-electron chi connectivity index (χ2n) is 4.77. The summed E-state index contributed by atoms with van der Waals surface area (Å²) < 4.78 is 18.9. The van der Waals surface area contributed by atoms with Gasteiger partial charge in [-0.05, 0) is 0 Å². The molecule has 0 aromatic heterocycles. The number of hydrogen-bond acceptors (Lipinski definition) is 3. The van der Waals surface area contributed by atoms with Crippen LogP contribution in [0.3, 0.4) is 0 Å². The SMILES string of the molecule is CC.COC1C(F)CN(C(=O)CC#N)CC1(C)C. The summed E-state index contributed by atoms with van der Waals surface area (Å²) in [4.78, 5) is 12.9. The Balaban J connectivity index is 0.00000137. The number of ether oxygens (including phenoxy) is 1. The summed E-state index contributed by atoms with van der Waals surface area (Å²) >= 11 is 0. The van der Waals surface area contributed by atoms with Crippen molar-refractivity contribution >= 4 is 5.91 Å². The summed E-state index contributed by atoms with van der Waals surface area (Å²) in [6.07, 6.45) is -1.89. The minimum Gasteiger partial charge on any atom is -0.378 e. The van der Waals surface area contributed by atoms with Crippen LogP contribution in [0.25, 0.3) is 0 Å². The van der Waals surface area contributed by atoms with E-state index in [0.29, 0.717) is 6.54 Å². The van der Waals surface area contributed by atoms with Gasteiger partial charge in [-0.25, -0.2) is 4.39 Å². The van der Waals surface area contributed by atoms with E-state index in [1.807, 2.05) is 27.7 Å². The monoisotopic (exact) mass is 258 g/mol. The molecular weight excluding hydrogens is 235 g/mol. The highest BCUT2D eigenvalue weighted by Gasteiger charge is 2.44. The number of hydrogen-bond donors (Lipinski definition) is 0. The number of rotatable bonds is 2. The van der Waals surface area contributed by atoms with E-state index in [9.17, 15) is 9.18 Å². The van der Waals surface area contributed by atoms with Crippen LogP contribution in [0.4, 0.5) is 4.39 Å². The van der Waals surface area contributed by atoms with E-state index in [0.717, 1.165) is 0 Å². The van der Waals surface area contributed by atoms with Crippen LogP contribution in [0, 0.1) is 16.7 Å². The maximum atomic E-state index is 13.8. The zero-order valence-corrected chi connectivity index (χ0v) is 11.9. The van der Waals surface area contributed by atoms with E-state index in [1.54, 1.807) is 6.07 Å². The molecule has 0 bridgehead atoms. The van der Waals surface area contributed by atoms with Gasteiger partial charge in [-0.3, -0.25) is 4.79 Å². The number of carbonyl (C=O) groups is 1. The van der Waals surface area contributed by atoms with Crippen LogP contribution in [0.15, 0.2) is 0 Å². The zero-order valence-electron chi connectivity index (χ0n) is 11.9. The van der Waals surface area contributed by atoms with Gasteiger partial charge in [0.05, 0.1) is 18.7 Å². The summed E-state index contributed by atoms with van der Waals surface area (Å²) in [6, 6.07) is 1.79. The molecule has 0 aromatic carbocycles. The largest absolute Gasteiger partial charge is 0.378 e. The highest BCUT2D eigenvalue weighted by molar-refractivity contribution is 5.78. The summed E-state index contributed by atoms with van der Waals surface area (Å²) in [5.41, 5.74) is -0.433. The first-order valence-corrected chi connectivity index (χ1v) is 6.24. The van der Waals surface area contributed by atoms with Crippen LogP contribution in [0.5, 0.6) is 0 Å². The van der Waals surface area contributed by atoms with Crippen molar-refractivity contribution in [2.75, 3.05) is 20.2 Å². The molecule has 1 fully saturated rings. The topological polar surface area (TPSA) is 53.3 Å². The van der Waals surface area contributed by atoms with Crippen molar-refractivity contribution in [1.82, 2.24) is 4.90 Å². The lowest BCUT2D eigenvalue weighted by molar-refractivity contribution is -0.145. The molecule has 0 radical (unpaired) electrons. The maximum absolute atomic E-state index is 13.8. The van der Waals surface area contributed by atoms with Crippen molar-refractivity contribution in [2.24, 2.45) is 5.41 Å². The lowest BCUT2D eigenvalue weighted by atomic mass is 9.80. The molecule has 0 aromatic rings. The number of halogens is 1. The number of amides is 1. The lowest BCUT2D eigenvalue weighted by Gasteiger charge is -2.45. The Morgan fingerprint density at radius 3 is 2.50 bits per heavy atom. The Hall–Kier alpha value is -1.15. The van der Waals surface area contributed by atoms with Crippen LogP contribution in [0.1, 0.15) is 34.1 Å². The molecule has 4 nitrogen and oxygen atoms in total. The van der Waals surface area contributed by atoms with Gasteiger partial charge in [0.2, 0.25) is 5.91 Å². The van der Waals surface area contributed by atoms with Crippen LogP contribution >= 0.6 is 0 Å². The predicted molar refractivity (Wildman–Crippen MR) is 67.6 cm³/mol. The highest BCUT2D eigenvalue weighted by atomic mass is 19.1. The number of nitriles is 1. The second-order valence-corrected chi connectivity index (χ2v) is 4.77. The normalized spacial score (nSPS) is 25.7. The van der Waals surface area contributed by atoms with Crippen molar-refractivity contribution in [3.63, 3.8) is 0 Å². The van der Waals surface area contributed by atoms with Gasteiger partial charge in [0.15, 0.2) is 0 Å². The molecule has 18 heavy (non-hydrogen) atoms. The molecule has 2 unspecified atom stereocenters. The molecule has 1 rings (SSSR count). The molecule has 1 saturated heterocycles. The third-order valence-corrected chi connectivity index (χ3v) is 2.93. The molecule has 0 saturated carbocycles. The van der Waals surface area contributed by atoms with E-state index in [1.165, 1.54) is 12.0 Å². The summed E-state index contributed by atoms with van der Waals surface area (Å²) in [6.45, 7) is 8.16. The van der Waals surface area contributed by atoms with Gasteiger partial charge >= 0.3 is 0 Å². The minimum absolute atomic E-state index is 0.0163. The Kier molecular flexibility index (Phi) is 6.85. The Morgan fingerprint density at radius 1 is 1.56 bits per heavy atom. The average molecular weight is 258 g/mol. The maximum Gasteiger partial charge on any atom is 0.236 e. The van der Waals surface area contributed by atoms with Crippen molar-refractivity contribution < 1.29 is 13.9 Å². The molecule has 0 aliphatic carbocycles. The first-order chi connectivity index (χ1) is 8.42. The van der Waals surface area contributed by atoms with Crippen LogP contribution in [-0.4, -0.2) is 43.3 Å². The van der Waals surface area contributed by atoms with E-state index in [4.69, 9.17) is 10.00 Å². The molecule has 1 aliphatic rings. The molecule has 1 amide bonds. The standard InChI is InChI=1S/C11H17FN2O2.C2H6/c1-11(2)7-14(9(15)4-5-13)6-8(12)10(11)16-3;1-2/h8,10H,4,6-7H2,1-3H3;1-2H3. The van der Waals surface area contributed by atoms with Gasteiger partial charge < -0.3 is 9.64 Å². The molecule has 0 N–H and O–H groups in total. The fraction of sp³-hybridized carbons (Fsp3) is 0.846. The molecule has 1 aliphatic heterocycles.